The highest BCUT2D eigenvalue weighted by atomic mass is 16.6. The number of hydrogen-bond acceptors (Lipinski definition) is 5. The van der Waals surface area contributed by atoms with Crippen LogP contribution in [-0.2, 0) is 20.9 Å². The Morgan fingerprint density at radius 1 is 0.897 bits per heavy atom. The molecule has 0 unspecified atom stereocenters. The van der Waals surface area contributed by atoms with Gasteiger partial charge in [-0.3, -0.25) is 9.59 Å². The fraction of sp³-hybridized carbons (Fsp3) is 0.348. The Morgan fingerprint density at radius 3 is 2.07 bits per heavy atom. The van der Waals surface area contributed by atoms with Crippen molar-refractivity contribution in [1.82, 2.24) is 4.90 Å². The molecule has 1 aliphatic rings. The lowest BCUT2D eigenvalue weighted by atomic mass is 9.72. The molecule has 1 heterocycles. The maximum atomic E-state index is 13.2. The van der Waals surface area contributed by atoms with E-state index in [0.717, 1.165) is 5.56 Å². The Bertz CT molecular complexity index is 842. The summed E-state index contributed by atoms with van der Waals surface area (Å²) in [5.41, 5.74) is 0.103. The van der Waals surface area contributed by atoms with Crippen LogP contribution in [0.5, 0.6) is 0 Å². The van der Waals surface area contributed by atoms with Gasteiger partial charge in [-0.05, 0) is 25.3 Å². The van der Waals surface area contributed by atoms with Crippen LogP contribution in [-0.4, -0.2) is 42.4 Å². The van der Waals surface area contributed by atoms with Crippen LogP contribution in [0.4, 0.5) is 4.79 Å². The molecule has 0 radical (unpaired) electrons. The number of hydrogen-bond donors (Lipinski definition) is 0. The summed E-state index contributed by atoms with van der Waals surface area (Å²) in [6.07, 6.45) is -0.0292. The van der Waals surface area contributed by atoms with Gasteiger partial charge in [-0.15, -0.1) is 0 Å². The highest BCUT2D eigenvalue weighted by Gasteiger charge is 2.50. The number of benzene rings is 2. The van der Waals surface area contributed by atoms with Gasteiger partial charge in [-0.25, -0.2) is 4.79 Å². The normalized spacial score (nSPS) is 15.4. The van der Waals surface area contributed by atoms with Gasteiger partial charge in [-0.2, -0.15) is 0 Å². The van der Waals surface area contributed by atoms with E-state index in [4.69, 9.17) is 9.47 Å². The van der Waals surface area contributed by atoms with E-state index in [1.165, 1.54) is 0 Å². The van der Waals surface area contributed by atoms with Gasteiger partial charge >= 0.3 is 12.1 Å². The number of carbonyl (C=O) groups excluding carboxylic acids is 3. The molecule has 1 saturated heterocycles. The van der Waals surface area contributed by atoms with Crippen LogP contribution < -0.4 is 0 Å². The van der Waals surface area contributed by atoms with Crippen molar-refractivity contribution in [1.29, 1.82) is 0 Å². The number of nitrogens with zero attached hydrogens (tertiary/aromatic N) is 1. The third-order valence-corrected chi connectivity index (χ3v) is 5.22. The SMILES string of the molecule is CCOC(=O)C1(C(=O)c2ccccc2)CCN(C(=O)OCc2ccccc2)CC1. The molecular formula is C23H25NO5. The van der Waals surface area contributed by atoms with Crippen molar-refractivity contribution in [3.63, 3.8) is 0 Å². The zero-order valence-corrected chi connectivity index (χ0v) is 16.5. The van der Waals surface area contributed by atoms with Gasteiger partial charge in [0.05, 0.1) is 6.61 Å². The Balaban J connectivity index is 1.68. The number of ketones is 1. The molecule has 0 bridgehead atoms. The summed E-state index contributed by atoms with van der Waals surface area (Å²) in [5.74, 6) is -0.778. The third kappa shape index (κ3) is 4.65. The molecule has 0 saturated carbocycles. The number of amides is 1. The quantitative estimate of drug-likeness (QED) is 0.422. The van der Waals surface area contributed by atoms with E-state index in [0.29, 0.717) is 5.56 Å². The van der Waals surface area contributed by atoms with E-state index in [1.54, 1.807) is 36.1 Å². The van der Waals surface area contributed by atoms with Crippen molar-refractivity contribution in [2.24, 2.45) is 5.41 Å². The van der Waals surface area contributed by atoms with Crippen molar-refractivity contribution in [2.75, 3.05) is 19.7 Å². The van der Waals surface area contributed by atoms with E-state index >= 15 is 0 Å². The first-order chi connectivity index (χ1) is 14.1. The average molecular weight is 395 g/mol. The van der Waals surface area contributed by atoms with Gasteiger partial charge in [0.15, 0.2) is 5.78 Å². The minimum Gasteiger partial charge on any atom is -0.465 e. The molecule has 0 spiro atoms. The third-order valence-electron chi connectivity index (χ3n) is 5.22. The molecule has 2 aromatic carbocycles. The van der Waals surface area contributed by atoms with Crippen LogP contribution in [0.15, 0.2) is 60.7 Å². The molecule has 1 aliphatic heterocycles. The summed E-state index contributed by atoms with van der Waals surface area (Å²) in [4.78, 5) is 39.9. The van der Waals surface area contributed by atoms with E-state index in [9.17, 15) is 14.4 Å². The smallest absolute Gasteiger partial charge is 0.410 e. The summed E-state index contributed by atoms with van der Waals surface area (Å²) < 4.78 is 10.6. The van der Waals surface area contributed by atoms with Crippen molar-refractivity contribution in [3.8, 4) is 0 Å². The van der Waals surface area contributed by atoms with Crippen LogP contribution in [0, 0.1) is 5.41 Å². The van der Waals surface area contributed by atoms with Gasteiger partial charge in [0.1, 0.15) is 12.0 Å². The first kappa shape index (κ1) is 20.6. The van der Waals surface area contributed by atoms with Crippen LogP contribution in [0.2, 0.25) is 0 Å². The number of piperidine rings is 1. The summed E-state index contributed by atoms with van der Waals surface area (Å²) >= 11 is 0. The maximum Gasteiger partial charge on any atom is 0.410 e. The second-order valence-corrected chi connectivity index (χ2v) is 7.02. The zero-order valence-electron chi connectivity index (χ0n) is 16.5. The molecule has 2 aromatic rings. The fourth-order valence-corrected chi connectivity index (χ4v) is 3.54. The topological polar surface area (TPSA) is 72.9 Å². The second kappa shape index (κ2) is 9.37. The van der Waals surface area contributed by atoms with Gasteiger partial charge in [0, 0.05) is 18.7 Å². The largest absolute Gasteiger partial charge is 0.465 e. The first-order valence-corrected chi connectivity index (χ1v) is 9.79. The Labute approximate surface area is 170 Å². The van der Waals surface area contributed by atoms with Gasteiger partial charge in [0.2, 0.25) is 0 Å². The van der Waals surface area contributed by atoms with E-state index < -0.39 is 17.5 Å². The molecule has 152 valence electrons. The zero-order chi connectivity index (χ0) is 20.7. The number of Topliss-reactive ketones (excluding diaryl/α,β-unsaturated/α-hetero) is 1. The van der Waals surface area contributed by atoms with Crippen molar-refractivity contribution < 1.29 is 23.9 Å². The summed E-state index contributed by atoms with van der Waals surface area (Å²) in [7, 11) is 0. The Hall–Kier alpha value is -3.15. The molecule has 29 heavy (non-hydrogen) atoms. The lowest BCUT2D eigenvalue weighted by molar-refractivity contribution is -0.154. The average Bonchev–Trinajstić information content (AvgIpc) is 2.78. The van der Waals surface area contributed by atoms with Gasteiger partial charge in [-0.1, -0.05) is 60.7 Å². The monoisotopic (exact) mass is 395 g/mol. The van der Waals surface area contributed by atoms with Crippen LogP contribution in [0.25, 0.3) is 0 Å². The lowest BCUT2D eigenvalue weighted by Gasteiger charge is -2.38. The summed E-state index contributed by atoms with van der Waals surface area (Å²) in [6.45, 7) is 2.61. The van der Waals surface area contributed by atoms with Crippen LogP contribution >= 0.6 is 0 Å². The highest BCUT2D eigenvalue weighted by molar-refractivity contribution is 6.12. The number of esters is 1. The maximum absolute atomic E-state index is 13.2. The van der Waals surface area contributed by atoms with Gasteiger partial charge in [0.25, 0.3) is 0 Å². The molecule has 6 nitrogen and oxygen atoms in total. The van der Waals surface area contributed by atoms with Crippen molar-refractivity contribution in [3.05, 3.63) is 71.8 Å². The minimum atomic E-state index is -1.27. The number of carbonyl (C=O) groups is 3. The van der Waals surface area contributed by atoms with E-state index in [1.807, 2.05) is 36.4 Å². The lowest BCUT2D eigenvalue weighted by Crippen LogP contribution is -2.51. The predicted octanol–water partition coefficient (Wildman–Crippen LogP) is 3.85. The number of ether oxygens (including phenoxy) is 2. The first-order valence-electron chi connectivity index (χ1n) is 9.79. The van der Waals surface area contributed by atoms with Crippen molar-refractivity contribution >= 4 is 17.8 Å². The molecule has 1 amide bonds. The van der Waals surface area contributed by atoms with Crippen LogP contribution in [0.3, 0.4) is 0 Å². The minimum absolute atomic E-state index is 0.183. The molecular weight excluding hydrogens is 370 g/mol. The predicted molar refractivity (Wildman–Crippen MR) is 107 cm³/mol. The molecule has 3 rings (SSSR count). The Morgan fingerprint density at radius 2 is 1.48 bits per heavy atom. The number of likely N-dealkylation sites (tertiary alicyclic amines) is 1. The Kier molecular flexibility index (Phi) is 6.65. The fourth-order valence-electron chi connectivity index (χ4n) is 3.54. The van der Waals surface area contributed by atoms with E-state index in [2.05, 4.69) is 0 Å². The van der Waals surface area contributed by atoms with Crippen LogP contribution in [0.1, 0.15) is 35.7 Å². The standard InChI is InChI=1S/C23H25NO5/c1-2-28-21(26)23(20(25)19-11-7-4-8-12-19)13-15-24(16-14-23)22(27)29-17-18-9-5-3-6-10-18/h3-12H,2,13-17H2,1H3. The summed E-state index contributed by atoms with van der Waals surface area (Å²) in [5, 5.41) is 0. The molecule has 1 fully saturated rings. The molecule has 6 heteroatoms. The second-order valence-electron chi connectivity index (χ2n) is 7.02. The molecule has 0 aromatic heterocycles. The van der Waals surface area contributed by atoms with Crippen molar-refractivity contribution in [2.45, 2.75) is 26.4 Å². The molecule has 0 aliphatic carbocycles. The number of rotatable bonds is 6. The van der Waals surface area contributed by atoms with E-state index in [-0.39, 0.29) is 44.9 Å². The summed E-state index contributed by atoms with van der Waals surface area (Å²) in [6, 6.07) is 18.2. The molecule has 0 N–H and O–H groups in total. The molecule has 0 atom stereocenters. The highest BCUT2D eigenvalue weighted by Crippen LogP contribution is 2.37. The van der Waals surface area contributed by atoms with Gasteiger partial charge < -0.3 is 14.4 Å².